The Labute approximate surface area is 87.9 Å². The van der Waals surface area contributed by atoms with Gasteiger partial charge in [-0.25, -0.2) is 4.98 Å². The number of nitrogens with two attached hydrogens (primary N) is 2. The lowest BCUT2D eigenvalue weighted by Crippen LogP contribution is -2.35. The Morgan fingerprint density at radius 2 is 2.19 bits per heavy atom. The van der Waals surface area contributed by atoms with Crippen molar-refractivity contribution in [2.75, 3.05) is 11.5 Å². The first-order chi connectivity index (χ1) is 7.68. The van der Waals surface area contributed by atoms with Gasteiger partial charge < -0.3 is 16.7 Å². The summed E-state index contributed by atoms with van der Waals surface area (Å²) in [6.07, 6.45) is 1.50. The smallest absolute Gasteiger partial charge is 0.290 e. The van der Waals surface area contributed by atoms with E-state index in [0.717, 1.165) is 0 Å². The van der Waals surface area contributed by atoms with Gasteiger partial charge in [0.2, 0.25) is 0 Å². The Bertz CT molecular complexity index is 704. The number of hydrogen-bond acceptors (Lipinski definition) is 7. The predicted molar refractivity (Wildman–Crippen MR) is 53.9 cm³/mol. The van der Waals surface area contributed by atoms with E-state index < -0.39 is 0 Å². The molecule has 0 aliphatic rings. The Kier molecular flexibility index (Phi) is 1.42. The number of fused-ring (bicyclic) bond motifs is 3. The van der Waals surface area contributed by atoms with Crippen LogP contribution in [0.1, 0.15) is 0 Å². The van der Waals surface area contributed by atoms with Gasteiger partial charge in [0, 0.05) is 11.3 Å². The highest BCUT2D eigenvalue weighted by molar-refractivity contribution is 5.96. The van der Waals surface area contributed by atoms with Crippen molar-refractivity contribution in [3.8, 4) is 0 Å². The van der Waals surface area contributed by atoms with E-state index in [-0.39, 0.29) is 16.3 Å². The molecule has 0 radical (unpaired) electrons. The number of nitrogens with zero attached hydrogens (tertiary/aromatic N) is 6. The minimum atomic E-state index is -0.0990. The molecule has 0 bridgehead atoms. The third-order valence-corrected chi connectivity index (χ3v) is 2.21. The van der Waals surface area contributed by atoms with Gasteiger partial charge in [-0.2, -0.15) is 4.52 Å². The number of aromatic nitrogens is 6. The molecular formula is C7H6N8O. The van der Waals surface area contributed by atoms with Crippen molar-refractivity contribution in [3.05, 3.63) is 17.5 Å². The second-order valence-corrected chi connectivity index (χ2v) is 3.15. The second-order valence-electron chi connectivity index (χ2n) is 3.15. The quantitative estimate of drug-likeness (QED) is 0.345. The fourth-order valence-electron chi connectivity index (χ4n) is 1.48. The zero-order valence-corrected chi connectivity index (χ0v) is 7.90. The van der Waals surface area contributed by atoms with Crippen molar-refractivity contribution in [2.45, 2.75) is 0 Å². The van der Waals surface area contributed by atoms with Crippen LogP contribution in [0, 0.1) is 5.21 Å². The summed E-state index contributed by atoms with van der Waals surface area (Å²) in [5.41, 5.74) is 11.9. The number of rotatable bonds is 0. The topological polar surface area (TPSA) is 135 Å². The van der Waals surface area contributed by atoms with Crippen molar-refractivity contribution < 1.29 is 4.85 Å². The molecule has 80 valence electrons. The molecule has 9 nitrogen and oxygen atoms in total. The van der Waals surface area contributed by atoms with E-state index in [9.17, 15) is 5.21 Å². The molecule has 0 unspecified atom stereocenters. The van der Waals surface area contributed by atoms with Gasteiger partial charge in [0.25, 0.3) is 11.5 Å². The molecule has 0 spiro atoms. The SMILES string of the molecule is Nc1ccnc2c3c(N)[n+]([O-])nnc3nn12. The van der Waals surface area contributed by atoms with E-state index in [1.165, 1.54) is 10.7 Å². The molecule has 0 aliphatic heterocycles. The number of nitrogen functional groups attached to an aromatic ring is 2. The van der Waals surface area contributed by atoms with E-state index in [0.29, 0.717) is 16.9 Å². The molecule has 3 aromatic heterocycles. The Balaban J connectivity index is 2.63. The molecule has 0 amide bonds. The van der Waals surface area contributed by atoms with Crippen molar-refractivity contribution >= 4 is 28.3 Å². The van der Waals surface area contributed by atoms with Gasteiger partial charge in [0.15, 0.2) is 11.0 Å². The van der Waals surface area contributed by atoms with E-state index in [1.54, 1.807) is 6.07 Å². The summed E-state index contributed by atoms with van der Waals surface area (Å²) in [6, 6.07) is 1.58. The average Bonchev–Trinajstić information content (AvgIpc) is 2.64. The second kappa shape index (κ2) is 2.66. The van der Waals surface area contributed by atoms with Gasteiger partial charge in [-0.3, -0.25) is 0 Å². The molecule has 0 atom stereocenters. The highest BCUT2D eigenvalue weighted by Crippen LogP contribution is 2.20. The lowest BCUT2D eigenvalue weighted by Gasteiger charge is -2.00. The third kappa shape index (κ3) is 0.908. The third-order valence-electron chi connectivity index (χ3n) is 2.21. The van der Waals surface area contributed by atoms with E-state index in [1.807, 2.05) is 0 Å². The van der Waals surface area contributed by atoms with Gasteiger partial charge in [-0.1, -0.05) is 0 Å². The van der Waals surface area contributed by atoms with E-state index in [4.69, 9.17) is 11.5 Å². The highest BCUT2D eigenvalue weighted by Gasteiger charge is 2.18. The average molecular weight is 218 g/mol. The van der Waals surface area contributed by atoms with E-state index >= 15 is 0 Å². The monoisotopic (exact) mass is 218 g/mol. The van der Waals surface area contributed by atoms with Crippen molar-refractivity contribution in [2.24, 2.45) is 0 Å². The molecule has 0 saturated carbocycles. The van der Waals surface area contributed by atoms with Crippen LogP contribution in [0.5, 0.6) is 0 Å². The number of hydrogen-bond donors (Lipinski definition) is 2. The Morgan fingerprint density at radius 3 is 3.00 bits per heavy atom. The fraction of sp³-hybridized carbons (Fsp3) is 0. The summed E-state index contributed by atoms with van der Waals surface area (Å²) in [4.78, 5) is 4.27. The molecule has 3 rings (SSSR count). The molecule has 0 saturated heterocycles. The molecule has 4 N–H and O–H groups in total. The van der Waals surface area contributed by atoms with Crippen molar-refractivity contribution in [1.82, 2.24) is 24.9 Å². The predicted octanol–water partition coefficient (Wildman–Crippen LogP) is -1.53. The highest BCUT2D eigenvalue weighted by atomic mass is 16.5. The summed E-state index contributed by atoms with van der Waals surface area (Å²) in [5, 5.41) is 22.5. The van der Waals surface area contributed by atoms with Gasteiger partial charge >= 0.3 is 0 Å². The summed E-state index contributed by atoms with van der Waals surface area (Å²) in [6.45, 7) is 0. The molecule has 0 aliphatic carbocycles. The first-order valence-corrected chi connectivity index (χ1v) is 4.33. The molecule has 9 heteroatoms. The Hall–Kier alpha value is -2.71. The Morgan fingerprint density at radius 1 is 1.38 bits per heavy atom. The van der Waals surface area contributed by atoms with Crippen LogP contribution in [0.25, 0.3) is 16.7 Å². The lowest BCUT2D eigenvalue weighted by molar-refractivity contribution is -0.659. The molecular weight excluding hydrogens is 212 g/mol. The van der Waals surface area contributed by atoms with E-state index in [2.05, 4.69) is 20.4 Å². The van der Waals surface area contributed by atoms with Crippen LogP contribution < -0.4 is 16.3 Å². The molecule has 3 heterocycles. The minimum absolute atomic E-state index is 0.0990. The van der Waals surface area contributed by atoms with Gasteiger partial charge in [-0.15, -0.1) is 9.94 Å². The van der Waals surface area contributed by atoms with Crippen LogP contribution >= 0.6 is 0 Å². The largest absolute Gasteiger partial charge is 0.722 e. The van der Waals surface area contributed by atoms with Crippen molar-refractivity contribution in [3.63, 3.8) is 0 Å². The normalized spacial score (nSPS) is 11.2. The van der Waals surface area contributed by atoms with Gasteiger partial charge in [0.1, 0.15) is 5.82 Å². The molecule has 3 aromatic rings. The summed E-state index contributed by atoms with van der Waals surface area (Å²) >= 11 is 0. The maximum Gasteiger partial charge on any atom is 0.290 e. The van der Waals surface area contributed by atoms with Crippen LogP contribution in [-0.4, -0.2) is 24.9 Å². The molecule has 16 heavy (non-hydrogen) atoms. The summed E-state index contributed by atoms with van der Waals surface area (Å²) in [7, 11) is 0. The number of anilines is 2. The zero-order chi connectivity index (χ0) is 11.3. The maximum absolute atomic E-state index is 11.2. The van der Waals surface area contributed by atoms with Crippen molar-refractivity contribution in [1.29, 1.82) is 0 Å². The minimum Gasteiger partial charge on any atom is -0.722 e. The maximum atomic E-state index is 11.2. The summed E-state index contributed by atoms with van der Waals surface area (Å²) < 4.78 is 1.36. The van der Waals surface area contributed by atoms with Crippen LogP contribution in [0.3, 0.4) is 0 Å². The molecule has 0 aromatic carbocycles. The first-order valence-electron chi connectivity index (χ1n) is 4.33. The van der Waals surface area contributed by atoms with Gasteiger partial charge in [-0.05, 0) is 6.07 Å². The van der Waals surface area contributed by atoms with Gasteiger partial charge in [0.05, 0.1) is 5.21 Å². The van der Waals surface area contributed by atoms with Crippen LogP contribution in [0.2, 0.25) is 0 Å². The van der Waals surface area contributed by atoms with Crippen LogP contribution in [0.15, 0.2) is 12.3 Å². The van der Waals surface area contributed by atoms with Crippen LogP contribution in [-0.2, 0) is 0 Å². The standard InChI is InChI=1S/C7H6N8O/c8-3-1-2-10-7-4-5(9)15(16)13-11-6(4)12-14(3)7/h1-2H,8-9H2. The molecule has 0 fully saturated rings. The first kappa shape index (κ1) is 8.59. The fourth-order valence-corrected chi connectivity index (χ4v) is 1.48. The van der Waals surface area contributed by atoms with Crippen LogP contribution in [0.4, 0.5) is 11.6 Å². The lowest BCUT2D eigenvalue weighted by atomic mass is 10.4. The zero-order valence-electron chi connectivity index (χ0n) is 7.90. The summed E-state index contributed by atoms with van der Waals surface area (Å²) in [5.74, 6) is 0.276.